The Morgan fingerprint density at radius 3 is 2.46 bits per heavy atom. The zero-order valence-electron chi connectivity index (χ0n) is 20.2. The molecular formula is C27H30N2O6. The van der Waals surface area contributed by atoms with Crippen molar-refractivity contribution in [2.24, 2.45) is 0 Å². The molecule has 2 heterocycles. The summed E-state index contributed by atoms with van der Waals surface area (Å²) in [5.41, 5.74) is 2.23. The van der Waals surface area contributed by atoms with Crippen LogP contribution in [0, 0.1) is 0 Å². The number of pyridine rings is 1. The van der Waals surface area contributed by atoms with Crippen LogP contribution >= 0.6 is 0 Å². The summed E-state index contributed by atoms with van der Waals surface area (Å²) in [6.45, 7) is 1.98. The summed E-state index contributed by atoms with van der Waals surface area (Å²) in [5, 5.41) is 0. The van der Waals surface area contributed by atoms with Crippen molar-refractivity contribution in [1.29, 1.82) is 0 Å². The lowest BCUT2D eigenvalue weighted by Crippen LogP contribution is -2.30. The van der Waals surface area contributed by atoms with E-state index in [0.717, 1.165) is 17.5 Å². The third kappa shape index (κ3) is 6.02. The average molecular weight is 479 g/mol. The van der Waals surface area contributed by atoms with Crippen LogP contribution < -0.4 is 18.9 Å². The van der Waals surface area contributed by atoms with Gasteiger partial charge in [0.25, 0.3) is 5.91 Å². The van der Waals surface area contributed by atoms with Crippen LogP contribution in [0.1, 0.15) is 27.9 Å². The van der Waals surface area contributed by atoms with E-state index in [-0.39, 0.29) is 12.0 Å². The number of hydrogen-bond donors (Lipinski definition) is 0. The van der Waals surface area contributed by atoms with Crippen molar-refractivity contribution in [3.05, 3.63) is 77.6 Å². The second kappa shape index (κ2) is 11.6. The van der Waals surface area contributed by atoms with Crippen molar-refractivity contribution in [2.45, 2.75) is 25.6 Å². The molecule has 1 aliphatic rings. The number of methoxy groups -OCH3 is 3. The van der Waals surface area contributed by atoms with E-state index in [4.69, 9.17) is 23.7 Å². The molecule has 0 aliphatic carbocycles. The zero-order valence-corrected chi connectivity index (χ0v) is 20.2. The molecule has 4 rings (SSSR count). The van der Waals surface area contributed by atoms with Crippen molar-refractivity contribution < 1.29 is 28.5 Å². The highest BCUT2D eigenvalue weighted by Gasteiger charge is 2.23. The maximum Gasteiger partial charge on any atom is 0.258 e. The van der Waals surface area contributed by atoms with Gasteiger partial charge in [0.05, 0.1) is 40.1 Å². The molecule has 1 amide bonds. The molecule has 3 aromatic rings. The number of carbonyl (C=O) groups excluding carboxylic acids is 1. The molecular weight excluding hydrogens is 448 g/mol. The molecule has 1 fully saturated rings. The van der Waals surface area contributed by atoms with Crippen LogP contribution in [0.2, 0.25) is 0 Å². The lowest BCUT2D eigenvalue weighted by molar-refractivity contribution is 0.0726. The van der Waals surface area contributed by atoms with E-state index in [2.05, 4.69) is 4.98 Å². The highest BCUT2D eigenvalue weighted by Crippen LogP contribution is 2.32. The zero-order chi connectivity index (χ0) is 24.6. The van der Waals surface area contributed by atoms with Crippen LogP contribution in [-0.2, 0) is 17.8 Å². The largest absolute Gasteiger partial charge is 0.497 e. The Morgan fingerprint density at radius 1 is 0.971 bits per heavy atom. The molecule has 0 saturated carbocycles. The molecule has 1 saturated heterocycles. The van der Waals surface area contributed by atoms with Gasteiger partial charge < -0.3 is 28.6 Å². The Morgan fingerprint density at radius 2 is 1.77 bits per heavy atom. The molecule has 1 aromatic heterocycles. The number of aromatic nitrogens is 1. The van der Waals surface area contributed by atoms with Gasteiger partial charge in [-0.15, -0.1) is 0 Å². The number of carbonyl (C=O) groups is 1. The second-order valence-corrected chi connectivity index (χ2v) is 8.18. The Labute approximate surface area is 205 Å². The predicted molar refractivity (Wildman–Crippen MR) is 130 cm³/mol. The Kier molecular flexibility index (Phi) is 8.05. The van der Waals surface area contributed by atoms with Crippen LogP contribution in [0.5, 0.6) is 23.0 Å². The fourth-order valence-electron chi connectivity index (χ4n) is 3.98. The lowest BCUT2D eigenvalue weighted by Gasteiger charge is -2.25. The minimum atomic E-state index is -0.188. The Bertz CT molecular complexity index is 1130. The normalized spacial score (nSPS) is 14.9. The van der Waals surface area contributed by atoms with Crippen LogP contribution in [0.3, 0.4) is 0 Å². The first-order valence-corrected chi connectivity index (χ1v) is 11.4. The molecule has 1 aliphatic heterocycles. The van der Waals surface area contributed by atoms with Crippen molar-refractivity contribution in [1.82, 2.24) is 9.88 Å². The maximum absolute atomic E-state index is 13.8. The van der Waals surface area contributed by atoms with E-state index < -0.39 is 0 Å². The van der Waals surface area contributed by atoms with Gasteiger partial charge in [-0.3, -0.25) is 9.78 Å². The number of hydrogen-bond acceptors (Lipinski definition) is 7. The summed E-state index contributed by atoms with van der Waals surface area (Å²) in [6.07, 6.45) is 4.32. The molecule has 0 N–H and O–H groups in total. The Hall–Kier alpha value is -3.78. The van der Waals surface area contributed by atoms with Crippen LogP contribution in [0.15, 0.2) is 60.9 Å². The molecule has 2 aromatic carbocycles. The molecule has 8 heteroatoms. The van der Waals surface area contributed by atoms with E-state index in [1.165, 1.54) is 0 Å². The fourth-order valence-corrected chi connectivity index (χ4v) is 3.98. The van der Waals surface area contributed by atoms with Crippen molar-refractivity contribution >= 4 is 5.91 Å². The van der Waals surface area contributed by atoms with Gasteiger partial charge in [0.15, 0.2) is 11.5 Å². The topological polar surface area (TPSA) is 79.4 Å². The molecule has 184 valence electrons. The SMILES string of the molecule is COc1ccc(OC)c(C(=O)N(Cc2cccnc2)Cc2ccc(OC3CCOC3)c(OC)c2)c1. The summed E-state index contributed by atoms with van der Waals surface area (Å²) in [5.74, 6) is 2.14. The van der Waals surface area contributed by atoms with Gasteiger partial charge in [-0.1, -0.05) is 12.1 Å². The third-order valence-corrected chi connectivity index (χ3v) is 5.80. The average Bonchev–Trinajstić information content (AvgIpc) is 3.42. The van der Waals surface area contributed by atoms with E-state index in [1.54, 1.807) is 56.8 Å². The van der Waals surface area contributed by atoms with Crippen LogP contribution in [0.4, 0.5) is 0 Å². The summed E-state index contributed by atoms with van der Waals surface area (Å²) in [6, 6.07) is 14.7. The summed E-state index contributed by atoms with van der Waals surface area (Å²) in [7, 11) is 4.72. The molecule has 0 spiro atoms. The first-order chi connectivity index (χ1) is 17.1. The van der Waals surface area contributed by atoms with Gasteiger partial charge in [0.2, 0.25) is 0 Å². The fraction of sp³-hybridized carbons (Fsp3) is 0.333. The maximum atomic E-state index is 13.8. The molecule has 8 nitrogen and oxygen atoms in total. The van der Waals surface area contributed by atoms with Crippen LogP contribution in [0.25, 0.3) is 0 Å². The number of amides is 1. The Balaban J connectivity index is 1.62. The summed E-state index contributed by atoms with van der Waals surface area (Å²) in [4.78, 5) is 19.7. The monoisotopic (exact) mass is 478 g/mol. The lowest BCUT2D eigenvalue weighted by atomic mass is 10.1. The quantitative estimate of drug-likeness (QED) is 0.434. The molecule has 1 unspecified atom stereocenters. The van der Waals surface area contributed by atoms with Crippen molar-refractivity contribution in [3.8, 4) is 23.0 Å². The van der Waals surface area contributed by atoms with E-state index in [9.17, 15) is 4.79 Å². The standard InChI is InChI=1S/C27H30N2O6/c1-31-21-7-9-24(32-2)23(14-21)27(30)29(17-20-5-4-11-28-15-20)16-19-6-8-25(26(13-19)33-3)35-22-10-12-34-18-22/h4-9,11,13-15,22H,10,12,16-18H2,1-3H3. The smallest absolute Gasteiger partial charge is 0.258 e. The number of rotatable bonds is 10. The number of benzene rings is 2. The molecule has 1 atom stereocenters. The van der Waals surface area contributed by atoms with Gasteiger partial charge in [-0.05, 0) is 47.5 Å². The van der Waals surface area contributed by atoms with E-state index in [1.807, 2.05) is 30.3 Å². The molecule has 0 bridgehead atoms. The summed E-state index contributed by atoms with van der Waals surface area (Å²) >= 11 is 0. The second-order valence-electron chi connectivity index (χ2n) is 8.18. The van der Waals surface area contributed by atoms with Gasteiger partial charge in [-0.2, -0.15) is 0 Å². The third-order valence-electron chi connectivity index (χ3n) is 5.80. The van der Waals surface area contributed by atoms with Gasteiger partial charge in [-0.25, -0.2) is 0 Å². The highest BCUT2D eigenvalue weighted by atomic mass is 16.6. The minimum Gasteiger partial charge on any atom is -0.497 e. The van der Waals surface area contributed by atoms with Gasteiger partial charge >= 0.3 is 0 Å². The minimum absolute atomic E-state index is 0.0129. The number of ether oxygens (including phenoxy) is 5. The molecule has 0 radical (unpaired) electrons. The van der Waals surface area contributed by atoms with Crippen LogP contribution in [-0.4, -0.2) is 56.4 Å². The van der Waals surface area contributed by atoms with Crippen molar-refractivity contribution in [2.75, 3.05) is 34.5 Å². The van der Waals surface area contributed by atoms with Gasteiger partial charge in [0, 0.05) is 31.9 Å². The number of nitrogens with zero attached hydrogens (tertiary/aromatic N) is 2. The summed E-state index contributed by atoms with van der Waals surface area (Å²) < 4.78 is 27.9. The van der Waals surface area contributed by atoms with Crippen molar-refractivity contribution in [3.63, 3.8) is 0 Å². The predicted octanol–water partition coefficient (Wildman–Crippen LogP) is 4.12. The van der Waals surface area contributed by atoms with Gasteiger partial charge in [0.1, 0.15) is 17.6 Å². The first kappa shape index (κ1) is 24.3. The van der Waals surface area contributed by atoms with E-state index >= 15 is 0 Å². The highest BCUT2D eigenvalue weighted by molar-refractivity contribution is 5.97. The molecule has 35 heavy (non-hydrogen) atoms. The van der Waals surface area contributed by atoms with E-state index in [0.29, 0.717) is 54.9 Å². The first-order valence-electron chi connectivity index (χ1n) is 11.4.